The topological polar surface area (TPSA) is 68.1 Å². The molecule has 0 aliphatic rings. The molecule has 1 aromatic carbocycles. The third-order valence-electron chi connectivity index (χ3n) is 2.97. The van der Waals surface area contributed by atoms with Gasteiger partial charge in [0.1, 0.15) is 11.5 Å². The minimum absolute atomic E-state index is 0.279. The SMILES string of the molecule is CCc1cccnc1CNc1ccc(F)cc1[N+](=O)[O-]. The van der Waals surface area contributed by atoms with Crippen LogP contribution < -0.4 is 5.32 Å². The number of benzene rings is 1. The molecule has 104 valence electrons. The van der Waals surface area contributed by atoms with E-state index in [9.17, 15) is 14.5 Å². The number of hydrogen-bond acceptors (Lipinski definition) is 4. The Morgan fingerprint density at radius 1 is 1.40 bits per heavy atom. The molecule has 1 heterocycles. The number of anilines is 1. The molecule has 0 aliphatic carbocycles. The van der Waals surface area contributed by atoms with Crippen LogP contribution in [0, 0.1) is 15.9 Å². The smallest absolute Gasteiger partial charge is 0.295 e. The second-order valence-electron chi connectivity index (χ2n) is 4.23. The van der Waals surface area contributed by atoms with Gasteiger partial charge in [0.15, 0.2) is 0 Å². The Hall–Kier alpha value is -2.50. The Balaban J connectivity index is 2.21. The van der Waals surface area contributed by atoms with Crippen molar-refractivity contribution in [3.05, 3.63) is 63.7 Å². The minimum Gasteiger partial charge on any atom is -0.374 e. The molecule has 20 heavy (non-hydrogen) atoms. The highest BCUT2D eigenvalue weighted by molar-refractivity contribution is 5.61. The van der Waals surface area contributed by atoms with E-state index in [-0.39, 0.29) is 11.4 Å². The fourth-order valence-electron chi connectivity index (χ4n) is 1.94. The predicted molar refractivity (Wildman–Crippen MR) is 74.0 cm³/mol. The van der Waals surface area contributed by atoms with Gasteiger partial charge in [-0.3, -0.25) is 15.1 Å². The van der Waals surface area contributed by atoms with Gasteiger partial charge < -0.3 is 5.32 Å². The average molecular weight is 275 g/mol. The van der Waals surface area contributed by atoms with E-state index >= 15 is 0 Å². The van der Waals surface area contributed by atoms with E-state index in [1.165, 1.54) is 12.1 Å². The zero-order valence-electron chi connectivity index (χ0n) is 11.0. The number of halogens is 1. The van der Waals surface area contributed by atoms with Crippen LogP contribution in [0.3, 0.4) is 0 Å². The van der Waals surface area contributed by atoms with Gasteiger partial charge in [0.25, 0.3) is 5.69 Å². The summed E-state index contributed by atoms with van der Waals surface area (Å²) < 4.78 is 13.0. The molecule has 0 bridgehead atoms. The van der Waals surface area contributed by atoms with Crippen molar-refractivity contribution in [3.63, 3.8) is 0 Å². The number of nitro benzene ring substituents is 1. The summed E-state index contributed by atoms with van der Waals surface area (Å²) in [5.74, 6) is -0.630. The van der Waals surface area contributed by atoms with Crippen LogP contribution in [0.5, 0.6) is 0 Å². The maximum Gasteiger partial charge on any atom is 0.295 e. The van der Waals surface area contributed by atoms with E-state index in [0.717, 1.165) is 23.7 Å². The van der Waals surface area contributed by atoms with Gasteiger partial charge >= 0.3 is 0 Å². The summed E-state index contributed by atoms with van der Waals surface area (Å²) in [6.45, 7) is 2.37. The first-order chi connectivity index (χ1) is 9.61. The maximum atomic E-state index is 13.0. The molecule has 0 saturated heterocycles. The van der Waals surface area contributed by atoms with Gasteiger partial charge in [0, 0.05) is 6.20 Å². The highest BCUT2D eigenvalue weighted by Gasteiger charge is 2.15. The van der Waals surface area contributed by atoms with Crippen molar-refractivity contribution in [2.75, 3.05) is 5.32 Å². The van der Waals surface area contributed by atoms with Crippen molar-refractivity contribution >= 4 is 11.4 Å². The Kier molecular flexibility index (Phi) is 4.24. The highest BCUT2D eigenvalue weighted by Crippen LogP contribution is 2.25. The normalized spacial score (nSPS) is 10.3. The second-order valence-corrected chi connectivity index (χ2v) is 4.23. The van der Waals surface area contributed by atoms with E-state index in [1.54, 1.807) is 6.20 Å². The lowest BCUT2D eigenvalue weighted by molar-refractivity contribution is -0.384. The van der Waals surface area contributed by atoms with Crippen LogP contribution in [0.25, 0.3) is 0 Å². The first kappa shape index (κ1) is 13.9. The summed E-state index contributed by atoms with van der Waals surface area (Å²) >= 11 is 0. The van der Waals surface area contributed by atoms with Crippen molar-refractivity contribution in [2.45, 2.75) is 19.9 Å². The van der Waals surface area contributed by atoms with Crippen LogP contribution in [-0.2, 0) is 13.0 Å². The van der Waals surface area contributed by atoms with Crippen LogP contribution in [0.1, 0.15) is 18.2 Å². The molecule has 0 fully saturated rings. The van der Waals surface area contributed by atoms with Crippen molar-refractivity contribution in [1.82, 2.24) is 4.98 Å². The van der Waals surface area contributed by atoms with Gasteiger partial charge in [-0.15, -0.1) is 0 Å². The zero-order chi connectivity index (χ0) is 14.5. The standard InChI is InChI=1S/C14H14FN3O2/c1-2-10-4-3-7-16-13(10)9-17-12-6-5-11(15)8-14(12)18(19)20/h3-8,17H,2,9H2,1H3. The van der Waals surface area contributed by atoms with Gasteiger partial charge in [-0.05, 0) is 30.2 Å². The summed E-state index contributed by atoms with van der Waals surface area (Å²) in [5, 5.41) is 13.8. The van der Waals surface area contributed by atoms with Gasteiger partial charge in [-0.25, -0.2) is 4.39 Å². The molecule has 6 heteroatoms. The molecule has 1 N–H and O–H groups in total. The zero-order valence-corrected chi connectivity index (χ0v) is 11.0. The van der Waals surface area contributed by atoms with Crippen molar-refractivity contribution in [1.29, 1.82) is 0 Å². The number of hydrogen-bond donors (Lipinski definition) is 1. The molecule has 0 amide bonds. The Morgan fingerprint density at radius 2 is 2.20 bits per heavy atom. The third-order valence-corrected chi connectivity index (χ3v) is 2.97. The first-order valence-corrected chi connectivity index (χ1v) is 6.22. The molecule has 5 nitrogen and oxygen atoms in total. The number of pyridine rings is 1. The monoisotopic (exact) mass is 275 g/mol. The Labute approximate surface area is 115 Å². The van der Waals surface area contributed by atoms with Gasteiger partial charge in [-0.1, -0.05) is 13.0 Å². The first-order valence-electron chi connectivity index (χ1n) is 6.22. The van der Waals surface area contributed by atoms with Crippen molar-refractivity contribution in [3.8, 4) is 0 Å². The molecule has 0 unspecified atom stereocenters. The third kappa shape index (κ3) is 3.09. The lowest BCUT2D eigenvalue weighted by atomic mass is 10.1. The quantitative estimate of drug-likeness (QED) is 0.671. The van der Waals surface area contributed by atoms with Gasteiger partial charge in [0.2, 0.25) is 0 Å². The van der Waals surface area contributed by atoms with E-state index in [4.69, 9.17) is 0 Å². The number of nitro groups is 1. The molecular formula is C14H14FN3O2. The molecule has 0 atom stereocenters. The summed E-state index contributed by atoms with van der Waals surface area (Å²) in [4.78, 5) is 14.5. The lowest BCUT2D eigenvalue weighted by Crippen LogP contribution is -2.06. The van der Waals surface area contributed by atoms with Gasteiger partial charge in [-0.2, -0.15) is 0 Å². The molecule has 2 rings (SSSR count). The molecule has 0 saturated carbocycles. The number of aromatic nitrogens is 1. The molecule has 0 aliphatic heterocycles. The number of nitrogens with zero attached hydrogens (tertiary/aromatic N) is 2. The lowest BCUT2D eigenvalue weighted by Gasteiger charge is -2.09. The van der Waals surface area contributed by atoms with Crippen LogP contribution in [0.2, 0.25) is 0 Å². The summed E-state index contributed by atoms with van der Waals surface area (Å²) in [7, 11) is 0. The fourth-order valence-corrected chi connectivity index (χ4v) is 1.94. The second kappa shape index (κ2) is 6.10. The largest absolute Gasteiger partial charge is 0.374 e. The van der Waals surface area contributed by atoms with Crippen LogP contribution in [-0.4, -0.2) is 9.91 Å². The number of aryl methyl sites for hydroxylation is 1. The Morgan fingerprint density at radius 3 is 2.90 bits per heavy atom. The fraction of sp³-hybridized carbons (Fsp3) is 0.214. The van der Waals surface area contributed by atoms with Crippen molar-refractivity contribution in [2.24, 2.45) is 0 Å². The van der Waals surface area contributed by atoms with E-state index in [0.29, 0.717) is 6.54 Å². The molecule has 2 aromatic rings. The van der Waals surface area contributed by atoms with Crippen LogP contribution >= 0.6 is 0 Å². The van der Waals surface area contributed by atoms with Crippen molar-refractivity contribution < 1.29 is 9.31 Å². The summed E-state index contributed by atoms with van der Waals surface area (Å²) in [5.41, 5.74) is 1.90. The summed E-state index contributed by atoms with van der Waals surface area (Å²) in [6.07, 6.45) is 2.51. The minimum atomic E-state index is -0.630. The molecule has 1 aromatic heterocycles. The van der Waals surface area contributed by atoms with Crippen LogP contribution in [0.4, 0.5) is 15.8 Å². The molecular weight excluding hydrogens is 261 g/mol. The van der Waals surface area contributed by atoms with Gasteiger partial charge in [0.05, 0.1) is 23.2 Å². The average Bonchev–Trinajstić information content (AvgIpc) is 2.46. The highest BCUT2D eigenvalue weighted by atomic mass is 19.1. The molecule has 0 radical (unpaired) electrons. The van der Waals surface area contributed by atoms with Crippen LogP contribution in [0.15, 0.2) is 36.5 Å². The van der Waals surface area contributed by atoms with E-state index in [1.807, 2.05) is 19.1 Å². The Bertz CT molecular complexity index is 632. The number of nitrogens with one attached hydrogen (secondary N) is 1. The maximum absolute atomic E-state index is 13.0. The summed E-state index contributed by atoms with van der Waals surface area (Å²) in [6, 6.07) is 7.27. The number of rotatable bonds is 5. The molecule has 0 spiro atoms. The predicted octanol–water partition coefficient (Wildman–Crippen LogP) is 3.30. The van der Waals surface area contributed by atoms with E-state index < -0.39 is 10.7 Å². The van der Waals surface area contributed by atoms with E-state index in [2.05, 4.69) is 10.3 Å².